The molecule has 0 radical (unpaired) electrons. The summed E-state index contributed by atoms with van der Waals surface area (Å²) < 4.78 is 0. The average molecular weight is 231 g/mol. The van der Waals surface area contributed by atoms with Gasteiger partial charge in [-0.2, -0.15) is 5.26 Å². The van der Waals surface area contributed by atoms with Gasteiger partial charge >= 0.3 is 0 Å². The largest absolute Gasteiger partial charge is 0.197 e. The van der Waals surface area contributed by atoms with Crippen molar-refractivity contribution in [2.24, 2.45) is 0 Å². The zero-order valence-electron chi connectivity index (χ0n) is 10.1. The Morgan fingerprint density at radius 1 is 0.833 bits per heavy atom. The van der Waals surface area contributed by atoms with Crippen molar-refractivity contribution in [3.05, 3.63) is 71.3 Å². The van der Waals surface area contributed by atoms with Gasteiger partial charge in [0.05, 0.1) is 12.5 Å². The van der Waals surface area contributed by atoms with Crippen LogP contribution in [0.1, 0.15) is 23.1 Å². The van der Waals surface area contributed by atoms with Gasteiger partial charge in [-0.15, -0.1) is 0 Å². The van der Waals surface area contributed by atoms with Crippen LogP contribution in [0.2, 0.25) is 0 Å². The van der Waals surface area contributed by atoms with Crippen LogP contribution in [-0.4, -0.2) is 0 Å². The van der Waals surface area contributed by atoms with E-state index in [-0.39, 0.29) is 6.42 Å². The zero-order chi connectivity index (χ0) is 12.6. The van der Waals surface area contributed by atoms with E-state index in [0.29, 0.717) is 0 Å². The number of nitrogens with zero attached hydrogens (tertiary/aromatic N) is 1. The maximum absolute atomic E-state index is 8.40. The van der Waals surface area contributed by atoms with Gasteiger partial charge in [0, 0.05) is 5.56 Å². The topological polar surface area (TPSA) is 23.8 Å². The summed E-state index contributed by atoms with van der Waals surface area (Å²) in [5.74, 6) is 5.77. The lowest BCUT2D eigenvalue weighted by Crippen LogP contribution is -1.87. The lowest BCUT2D eigenvalue weighted by Gasteiger charge is -2.01. The van der Waals surface area contributed by atoms with Crippen molar-refractivity contribution >= 4 is 0 Å². The normalized spacial score (nSPS) is 9.06. The molecule has 0 atom stereocenters. The van der Waals surface area contributed by atoms with Crippen LogP contribution in [-0.2, 0) is 6.42 Å². The van der Waals surface area contributed by atoms with Crippen molar-refractivity contribution in [3.8, 4) is 17.9 Å². The van der Waals surface area contributed by atoms with E-state index in [2.05, 4.69) is 48.2 Å². The Hall–Kier alpha value is -2.51. The van der Waals surface area contributed by atoms with Gasteiger partial charge in [0.15, 0.2) is 0 Å². The third kappa shape index (κ3) is 3.51. The van der Waals surface area contributed by atoms with Gasteiger partial charge in [0.2, 0.25) is 0 Å². The Bertz CT molecular complexity index is 592. The minimum absolute atomic E-state index is 0.283. The smallest absolute Gasteiger partial charge is 0.0966 e. The summed E-state index contributed by atoms with van der Waals surface area (Å²) in [6.45, 7) is 0. The van der Waals surface area contributed by atoms with Gasteiger partial charge in [-0.25, -0.2) is 0 Å². The monoisotopic (exact) mass is 231 g/mol. The molecule has 0 fully saturated rings. The summed E-state index contributed by atoms with van der Waals surface area (Å²) in [6.07, 6.45) is 1.22. The molecule has 0 aromatic heterocycles. The molecule has 18 heavy (non-hydrogen) atoms. The lowest BCUT2D eigenvalue weighted by atomic mass is 10.0. The molecule has 1 heteroatoms. The van der Waals surface area contributed by atoms with Crippen molar-refractivity contribution in [3.63, 3.8) is 0 Å². The summed E-state index contributed by atoms with van der Waals surface area (Å²) in [5.41, 5.74) is 3.54. The fourth-order valence-corrected chi connectivity index (χ4v) is 1.72. The van der Waals surface area contributed by atoms with E-state index >= 15 is 0 Å². The van der Waals surface area contributed by atoms with E-state index < -0.39 is 0 Å². The second kappa shape index (κ2) is 6.28. The predicted molar refractivity (Wildman–Crippen MR) is 72.8 cm³/mol. The van der Waals surface area contributed by atoms with Crippen molar-refractivity contribution in [2.45, 2.75) is 12.8 Å². The fourth-order valence-electron chi connectivity index (χ4n) is 1.72. The molecule has 0 aliphatic heterocycles. The molecule has 0 spiro atoms. The van der Waals surface area contributed by atoms with Crippen molar-refractivity contribution < 1.29 is 0 Å². The molecule has 86 valence electrons. The van der Waals surface area contributed by atoms with Crippen molar-refractivity contribution in [1.29, 1.82) is 5.26 Å². The van der Waals surface area contributed by atoms with Gasteiger partial charge in [-0.3, -0.25) is 0 Å². The molecule has 2 aromatic rings. The van der Waals surface area contributed by atoms with E-state index in [0.717, 1.165) is 12.0 Å². The van der Waals surface area contributed by atoms with E-state index in [4.69, 9.17) is 5.26 Å². The quantitative estimate of drug-likeness (QED) is 0.725. The van der Waals surface area contributed by atoms with E-state index in [1.165, 1.54) is 11.1 Å². The van der Waals surface area contributed by atoms with Gasteiger partial charge in [0.25, 0.3) is 0 Å². The first-order valence-corrected chi connectivity index (χ1v) is 5.87. The van der Waals surface area contributed by atoms with Crippen molar-refractivity contribution in [2.75, 3.05) is 0 Å². The molecule has 0 unspecified atom stereocenters. The Morgan fingerprint density at radius 3 is 2.17 bits per heavy atom. The number of hydrogen-bond donors (Lipinski definition) is 0. The molecule has 0 saturated heterocycles. The minimum Gasteiger partial charge on any atom is -0.197 e. The third-order valence-electron chi connectivity index (χ3n) is 2.61. The molecule has 0 amide bonds. The van der Waals surface area contributed by atoms with E-state index in [1.807, 2.05) is 24.3 Å². The summed E-state index contributed by atoms with van der Waals surface area (Å²) in [5, 5.41) is 8.40. The van der Waals surface area contributed by atoms with E-state index in [9.17, 15) is 0 Å². The number of hydrogen-bond acceptors (Lipinski definition) is 1. The molecule has 2 aromatic carbocycles. The second-order valence-electron chi connectivity index (χ2n) is 4.00. The summed E-state index contributed by atoms with van der Waals surface area (Å²) in [4.78, 5) is 0. The molecule has 0 aliphatic rings. The zero-order valence-corrected chi connectivity index (χ0v) is 10.1. The Morgan fingerprint density at radius 2 is 1.50 bits per heavy atom. The third-order valence-corrected chi connectivity index (χ3v) is 2.61. The number of benzene rings is 2. The van der Waals surface area contributed by atoms with Crippen LogP contribution < -0.4 is 0 Å². The van der Waals surface area contributed by atoms with Crippen LogP contribution in [0, 0.1) is 23.2 Å². The number of rotatable bonds is 2. The maximum Gasteiger partial charge on any atom is 0.0966 e. The first-order chi connectivity index (χ1) is 8.88. The van der Waals surface area contributed by atoms with Crippen LogP contribution in [0.4, 0.5) is 0 Å². The molecule has 1 nitrogen and oxygen atoms in total. The summed E-state index contributed by atoms with van der Waals surface area (Å²) in [6, 6.07) is 20.6. The molecule has 2 rings (SSSR count). The molecule has 0 aliphatic carbocycles. The predicted octanol–water partition coefficient (Wildman–Crippen LogP) is 3.54. The molecule has 0 bridgehead atoms. The molecule has 0 N–H and O–H groups in total. The van der Waals surface area contributed by atoms with Gasteiger partial charge in [0.1, 0.15) is 0 Å². The van der Waals surface area contributed by atoms with Gasteiger partial charge < -0.3 is 0 Å². The molecule has 0 heterocycles. The van der Waals surface area contributed by atoms with Crippen LogP contribution in [0.15, 0.2) is 54.6 Å². The highest BCUT2D eigenvalue weighted by Crippen LogP contribution is 2.10. The van der Waals surface area contributed by atoms with Crippen LogP contribution in [0.5, 0.6) is 0 Å². The van der Waals surface area contributed by atoms with Gasteiger partial charge in [-0.1, -0.05) is 54.3 Å². The lowest BCUT2D eigenvalue weighted by molar-refractivity contribution is 1.19. The Balaban J connectivity index is 2.05. The van der Waals surface area contributed by atoms with Crippen LogP contribution in [0.25, 0.3) is 0 Å². The summed E-state index contributed by atoms with van der Waals surface area (Å²) in [7, 11) is 0. The highest BCUT2D eigenvalue weighted by atomic mass is 14.2. The first-order valence-electron chi connectivity index (χ1n) is 5.87. The summed E-state index contributed by atoms with van der Waals surface area (Å²) >= 11 is 0. The van der Waals surface area contributed by atoms with Crippen molar-refractivity contribution in [1.82, 2.24) is 0 Å². The molecular weight excluding hydrogens is 218 g/mol. The second-order valence-corrected chi connectivity index (χ2v) is 4.00. The van der Waals surface area contributed by atoms with Gasteiger partial charge in [-0.05, 0) is 29.7 Å². The maximum atomic E-state index is 8.40. The standard InChI is InChI=1S/C17H13N/c18-13-5-4-6-15-9-11-17(12-10-15)14-16-7-2-1-3-8-16/h1-3,7-12H,5,14H2. The van der Waals surface area contributed by atoms with E-state index in [1.54, 1.807) is 0 Å². The first kappa shape index (κ1) is 12.0. The minimum atomic E-state index is 0.283. The Kier molecular flexibility index (Phi) is 4.17. The van der Waals surface area contributed by atoms with Crippen LogP contribution in [0.3, 0.4) is 0 Å². The fraction of sp³-hybridized carbons (Fsp3) is 0.118. The van der Waals surface area contributed by atoms with Crippen LogP contribution >= 0.6 is 0 Å². The SMILES string of the molecule is N#CCC#Cc1ccc(Cc2ccccc2)cc1. The molecular formula is C17H13N. The average Bonchev–Trinajstić information content (AvgIpc) is 2.42. The highest BCUT2D eigenvalue weighted by molar-refractivity contribution is 5.37. The Labute approximate surface area is 108 Å². The highest BCUT2D eigenvalue weighted by Gasteiger charge is 1.95. The molecule has 0 saturated carbocycles. The number of nitriles is 1.